The minimum atomic E-state index is -0.693. The van der Waals surface area contributed by atoms with Crippen LogP contribution >= 0.6 is 0 Å². The van der Waals surface area contributed by atoms with E-state index in [2.05, 4.69) is 4.98 Å². The molecule has 1 unspecified atom stereocenters. The summed E-state index contributed by atoms with van der Waals surface area (Å²) in [5, 5.41) is 9.15. The second-order valence-corrected chi connectivity index (χ2v) is 7.30. The molecular weight excluding hydrogens is 308 g/mol. The van der Waals surface area contributed by atoms with Crippen LogP contribution in [0.5, 0.6) is 5.88 Å². The third-order valence-corrected chi connectivity index (χ3v) is 5.86. The Morgan fingerprint density at radius 3 is 2.62 bits per heavy atom. The number of nitrogens with zero attached hydrogens (tertiary/aromatic N) is 2. The summed E-state index contributed by atoms with van der Waals surface area (Å²) in [6, 6.07) is 3.44. The Morgan fingerprint density at radius 2 is 2.04 bits per heavy atom. The molecule has 128 valence electrons. The first kappa shape index (κ1) is 15.4. The fourth-order valence-electron chi connectivity index (χ4n) is 3.85. The van der Waals surface area contributed by atoms with Gasteiger partial charge < -0.3 is 14.7 Å². The van der Waals surface area contributed by atoms with Crippen LogP contribution in [0.4, 0.5) is 0 Å². The van der Waals surface area contributed by atoms with E-state index in [9.17, 15) is 9.59 Å². The molecule has 24 heavy (non-hydrogen) atoms. The number of hydrogen-bond donors (Lipinski definition) is 1. The van der Waals surface area contributed by atoms with E-state index >= 15 is 0 Å². The van der Waals surface area contributed by atoms with Gasteiger partial charge in [0.1, 0.15) is 6.10 Å². The Kier molecular flexibility index (Phi) is 3.70. The molecule has 3 aliphatic rings. The monoisotopic (exact) mass is 330 g/mol. The smallest absolute Gasteiger partial charge is 0.307 e. The molecule has 1 amide bonds. The maximum absolute atomic E-state index is 12.7. The normalized spacial score (nSPS) is 25.2. The number of carbonyl (C=O) groups excluding carboxylic acids is 1. The number of hydrogen-bond acceptors (Lipinski definition) is 4. The summed E-state index contributed by atoms with van der Waals surface area (Å²) in [6.07, 6.45) is 7.49. The lowest BCUT2D eigenvalue weighted by Crippen LogP contribution is -2.40. The van der Waals surface area contributed by atoms with Crippen LogP contribution in [-0.4, -0.2) is 46.1 Å². The van der Waals surface area contributed by atoms with Crippen LogP contribution in [0.3, 0.4) is 0 Å². The van der Waals surface area contributed by atoms with Gasteiger partial charge in [0.15, 0.2) is 0 Å². The van der Waals surface area contributed by atoms with Gasteiger partial charge in [-0.15, -0.1) is 0 Å². The summed E-state index contributed by atoms with van der Waals surface area (Å²) in [6.45, 7) is 1.26. The van der Waals surface area contributed by atoms with Crippen molar-refractivity contribution in [2.75, 3.05) is 13.1 Å². The molecule has 2 heterocycles. The Balaban J connectivity index is 1.38. The maximum atomic E-state index is 12.7. The van der Waals surface area contributed by atoms with Gasteiger partial charge in [-0.1, -0.05) is 0 Å². The molecule has 6 nitrogen and oxygen atoms in total. The van der Waals surface area contributed by atoms with Crippen molar-refractivity contribution in [2.24, 2.45) is 11.3 Å². The van der Waals surface area contributed by atoms with Gasteiger partial charge >= 0.3 is 5.97 Å². The summed E-state index contributed by atoms with van der Waals surface area (Å²) >= 11 is 0. The predicted octanol–water partition coefficient (Wildman–Crippen LogP) is 2.34. The number of piperidine rings is 1. The molecule has 1 N–H and O–H groups in total. The zero-order valence-corrected chi connectivity index (χ0v) is 13.6. The molecule has 4 rings (SSSR count). The number of likely N-dealkylation sites (tertiary alicyclic amines) is 1. The second-order valence-electron chi connectivity index (χ2n) is 7.30. The van der Waals surface area contributed by atoms with E-state index in [-0.39, 0.29) is 23.3 Å². The van der Waals surface area contributed by atoms with Crippen LogP contribution in [-0.2, 0) is 4.79 Å². The van der Waals surface area contributed by atoms with Crippen molar-refractivity contribution >= 4 is 11.9 Å². The van der Waals surface area contributed by atoms with Gasteiger partial charge in [-0.25, -0.2) is 4.98 Å². The fraction of sp³-hybridized carbons (Fsp3) is 0.611. The number of carboxylic acid groups (broad SMARTS) is 1. The largest absolute Gasteiger partial charge is 0.481 e. The molecule has 0 radical (unpaired) electrons. The SMILES string of the molecule is O=C(O)C1CC12CCN(C(=O)c1ccnc(OC3CCC3)c1)CC2. The molecule has 1 saturated heterocycles. The van der Waals surface area contributed by atoms with E-state index in [1.54, 1.807) is 18.3 Å². The molecule has 2 aliphatic carbocycles. The first-order valence-corrected chi connectivity index (χ1v) is 8.72. The molecule has 6 heteroatoms. The number of ether oxygens (including phenoxy) is 1. The highest BCUT2D eigenvalue weighted by molar-refractivity contribution is 5.94. The molecule has 1 aromatic heterocycles. The van der Waals surface area contributed by atoms with Crippen molar-refractivity contribution in [2.45, 2.75) is 44.6 Å². The second kappa shape index (κ2) is 5.76. The fourth-order valence-corrected chi connectivity index (χ4v) is 3.85. The Labute approximate surface area is 140 Å². The average Bonchev–Trinajstić information content (AvgIpc) is 3.25. The first-order valence-electron chi connectivity index (χ1n) is 8.72. The predicted molar refractivity (Wildman–Crippen MR) is 85.8 cm³/mol. The van der Waals surface area contributed by atoms with Crippen molar-refractivity contribution in [3.05, 3.63) is 23.9 Å². The number of aromatic nitrogens is 1. The number of carbonyl (C=O) groups is 2. The van der Waals surface area contributed by atoms with Gasteiger partial charge in [-0.2, -0.15) is 0 Å². The number of carboxylic acids is 1. The maximum Gasteiger partial charge on any atom is 0.307 e. The lowest BCUT2D eigenvalue weighted by molar-refractivity contribution is -0.139. The molecule has 2 saturated carbocycles. The van der Waals surface area contributed by atoms with Crippen LogP contribution in [0.1, 0.15) is 48.9 Å². The Hall–Kier alpha value is -2.11. The topological polar surface area (TPSA) is 79.7 Å². The quantitative estimate of drug-likeness (QED) is 0.916. The van der Waals surface area contributed by atoms with Gasteiger partial charge in [0.05, 0.1) is 5.92 Å². The third-order valence-electron chi connectivity index (χ3n) is 5.86. The summed E-state index contributed by atoms with van der Waals surface area (Å²) in [7, 11) is 0. The van der Waals surface area contributed by atoms with Crippen LogP contribution in [0.2, 0.25) is 0 Å². The molecule has 1 spiro atoms. The average molecular weight is 330 g/mol. The van der Waals surface area contributed by atoms with Crippen molar-refractivity contribution in [1.29, 1.82) is 0 Å². The summed E-state index contributed by atoms with van der Waals surface area (Å²) < 4.78 is 5.76. The molecule has 0 bridgehead atoms. The van der Waals surface area contributed by atoms with Gasteiger partial charge in [0, 0.05) is 30.9 Å². The zero-order chi connectivity index (χ0) is 16.7. The Morgan fingerprint density at radius 1 is 1.29 bits per heavy atom. The van der Waals surface area contributed by atoms with Gasteiger partial charge in [0.25, 0.3) is 5.91 Å². The molecule has 1 atom stereocenters. The van der Waals surface area contributed by atoms with Crippen LogP contribution in [0.25, 0.3) is 0 Å². The van der Waals surface area contributed by atoms with E-state index in [4.69, 9.17) is 9.84 Å². The number of rotatable bonds is 4. The van der Waals surface area contributed by atoms with E-state index in [1.807, 2.05) is 4.90 Å². The lowest BCUT2D eigenvalue weighted by Gasteiger charge is -2.32. The molecule has 3 fully saturated rings. The van der Waals surface area contributed by atoms with Crippen molar-refractivity contribution in [3.63, 3.8) is 0 Å². The summed E-state index contributed by atoms with van der Waals surface area (Å²) in [4.78, 5) is 29.8. The first-order chi connectivity index (χ1) is 11.6. The highest BCUT2D eigenvalue weighted by Crippen LogP contribution is 2.59. The third kappa shape index (κ3) is 2.74. The molecular formula is C18H22N2O4. The minimum absolute atomic E-state index is 0.0155. The highest BCUT2D eigenvalue weighted by atomic mass is 16.5. The van der Waals surface area contributed by atoms with E-state index < -0.39 is 5.97 Å². The van der Waals surface area contributed by atoms with Crippen LogP contribution in [0.15, 0.2) is 18.3 Å². The highest BCUT2D eigenvalue weighted by Gasteiger charge is 2.59. The van der Waals surface area contributed by atoms with Crippen molar-refractivity contribution in [3.8, 4) is 5.88 Å². The number of pyridine rings is 1. The van der Waals surface area contributed by atoms with Crippen molar-refractivity contribution in [1.82, 2.24) is 9.88 Å². The van der Waals surface area contributed by atoms with E-state index in [0.717, 1.165) is 32.1 Å². The minimum Gasteiger partial charge on any atom is -0.481 e. The van der Waals surface area contributed by atoms with Crippen LogP contribution in [0, 0.1) is 11.3 Å². The van der Waals surface area contributed by atoms with Gasteiger partial charge in [-0.3, -0.25) is 9.59 Å². The number of aliphatic carboxylic acids is 1. The van der Waals surface area contributed by atoms with Gasteiger partial charge in [0.2, 0.25) is 5.88 Å². The molecule has 0 aromatic carbocycles. The molecule has 1 aliphatic heterocycles. The zero-order valence-electron chi connectivity index (χ0n) is 13.6. The van der Waals surface area contributed by atoms with Gasteiger partial charge in [-0.05, 0) is 50.0 Å². The summed E-state index contributed by atoms with van der Waals surface area (Å²) in [5.41, 5.74) is 0.542. The summed E-state index contributed by atoms with van der Waals surface area (Å²) in [5.74, 6) is -0.398. The lowest BCUT2D eigenvalue weighted by atomic mass is 9.90. The van der Waals surface area contributed by atoms with E-state index in [1.165, 1.54) is 6.42 Å². The Bertz CT molecular complexity index is 663. The standard InChI is InChI=1S/C18H22N2O4/c21-16(12-4-7-19-15(10-12)24-13-2-1-3-13)20-8-5-18(6-9-20)11-14(18)17(22)23/h4,7,10,13-14H,1-3,5-6,8-9,11H2,(H,22,23). The molecule has 1 aromatic rings. The van der Waals surface area contributed by atoms with E-state index in [0.29, 0.717) is 24.5 Å². The van der Waals surface area contributed by atoms with Crippen LogP contribution < -0.4 is 4.74 Å². The number of amides is 1. The van der Waals surface area contributed by atoms with Crippen molar-refractivity contribution < 1.29 is 19.4 Å².